The molecule has 0 saturated carbocycles. The predicted octanol–water partition coefficient (Wildman–Crippen LogP) is 3.66. The molecule has 0 aliphatic carbocycles. The van der Waals surface area contributed by atoms with Gasteiger partial charge in [0.1, 0.15) is 12.1 Å². The van der Waals surface area contributed by atoms with Gasteiger partial charge in [-0.25, -0.2) is 4.39 Å². The van der Waals surface area contributed by atoms with Gasteiger partial charge in [-0.15, -0.1) is 0 Å². The van der Waals surface area contributed by atoms with Gasteiger partial charge >= 0.3 is 0 Å². The highest BCUT2D eigenvalue weighted by Crippen LogP contribution is 2.21. The first kappa shape index (κ1) is 12.5. The second kappa shape index (κ2) is 5.58. The summed E-state index contributed by atoms with van der Waals surface area (Å²) >= 11 is 0. The Morgan fingerprint density at radius 2 is 1.78 bits per heavy atom. The van der Waals surface area contributed by atoms with Crippen LogP contribution in [0, 0.1) is 12.7 Å². The van der Waals surface area contributed by atoms with E-state index in [4.69, 9.17) is 0 Å². The van der Waals surface area contributed by atoms with Crippen molar-refractivity contribution >= 4 is 6.29 Å². The van der Waals surface area contributed by atoms with Crippen LogP contribution in [0.15, 0.2) is 48.5 Å². The molecular weight excluding hydrogens is 227 g/mol. The standard InChI is InChI=1S/C16H15FO/c1-12-4-2-3-5-14(12)10-15(11-18)13-6-8-16(17)9-7-13/h2-9,11,15H,10H2,1H3. The van der Waals surface area contributed by atoms with E-state index in [2.05, 4.69) is 0 Å². The van der Waals surface area contributed by atoms with Crippen LogP contribution in [0.1, 0.15) is 22.6 Å². The van der Waals surface area contributed by atoms with E-state index in [0.717, 1.165) is 17.4 Å². The molecule has 2 aromatic rings. The highest BCUT2D eigenvalue weighted by Gasteiger charge is 2.12. The zero-order valence-electron chi connectivity index (χ0n) is 10.3. The van der Waals surface area contributed by atoms with Crippen LogP contribution in [0.4, 0.5) is 4.39 Å². The van der Waals surface area contributed by atoms with Gasteiger partial charge in [0.25, 0.3) is 0 Å². The summed E-state index contributed by atoms with van der Waals surface area (Å²) in [7, 11) is 0. The van der Waals surface area contributed by atoms with Crippen molar-refractivity contribution < 1.29 is 9.18 Å². The Bertz CT molecular complexity index is 531. The van der Waals surface area contributed by atoms with Crippen molar-refractivity contribution in [1.82, 2.24) is 0 Å². The minimum absolute atomic E-state index is 0.216. The molecule has 0 fully saturated rings. The molecule has 2 heteroatoms. The smallest absolute Gasteiger partial charge is 0.127 e. The lowest BCUT2D eigenvalue weighted by Gasteiger charge is -2.12. The Morgan fingerprint density at radius 1 is 1.11 bits per heavy atom. The lowest BCUT2D eigenvalue weighted by atomic mass is 9.91. The number of rotatable bonds is 4. The van der Waals surface area contributed by atoms with Gasteiger partial charge in [0, 0.05) is 5.92 Å². The molecule has 18 heavy (non-hydrogen) atoms. The third kappa shape index (κ3) is 2.83. The number of benzene rings is 2. The average Bonchev–Trinajstić information content (AvgIpc) is 2.39. The van der Waals surface area contributed by atoms with Gasteiger partial charge in [0.2, 0.25) is 0 Å². The third-order valence-corrected chi connectivity index (χ3v) is 3.16. The van der Waals surface area contributed by atoms with Crippen molar-refractivity contribution in [1.29, 1.82) is 0 Å². The Morgan fingerprint density at radius 3 is 2.39 bits per heavy atom. The minimum atomic E-state index is -0.278. The molecule has 0 spiro atoms. The van der Waals surface area contributed by atoms with Crippen LogP contribution in [-0.2, 0) is 11.2 Å². The van der Waals surface area contributed by atoms with Crippen LogP contribution in [0.25, 0.3) is 0 Å². The van der Waals surface area contributed by atoms with Crippen molar-refractivity contribution in [2.45, 2.75) is 19.3 Å². The van der Waals surface area contributed by atoms with Gasteiger partial charge in [0.05, 0.1) is 0 Å². The molecule has 1 unspecified atom stereocenters. The molecule has 0 N–H and O–H groups in total. The van der Waals surface area contributed by atoms with Gasteiger partial charge < -0.3 is 4.79 Å². The monoisotopic (exact) mass is 242 g/mol. The lowest BCUT2D eigenvalue weighted by molar-refractivity contribution is -0.109. The summed E-state index contributed by atoms with van der Waals surface area (Å²) in [6.45, 7) is 2.03. The molecule has 0 bridgehead atoms. The zero-order chi connectivity index (χ0) is 13.0. The molecule has 0 aromatic heterocycles. The zero-order valence-corrected chi connectivity index (χ0v) is 10.3. The average molecular weight is 242 g/mol. The van der Waals surface area contributed by atoms with Crippen LogP contribution in [0.5, 0.6) is 0 Å². The number of halogens is 1. The predicted molar refractivity (Wildman–Crippen MR) is 70.1 cm³/mol. The van der Waals surface area contributed by atoms with Crippen molar-refractivity contribution in [3.63, 3.8) is 0 Å². The van der Waals surface area contributed by atoms with E-state index in [1.54, 1.807) is 12.1 Å². The maximum Gasteiger partial charge on any atom is 0.127 e. The molecule has 1 nitrogen and oxygen atoms in total. The van der Waals surface area contributed by atoms with E-state index < -0.39 is 0 Å². The fourth-order valence-corrected chi connectivity index (χ4v) is 2.03. The molecule has 0 aliphatic heterocycles. The normalized spacial score (nSPS) is 12.1. The molecule has 92 valence electrons. The fraction of sp³-hybridized carbons (Fsp3) is 0.188. The van der Waals surface area contributed by atoms with E-state index in [1.807, 2.05) is 31.2 Å². The summed E-state index contributed by atoms with van der Waals surface area (Å²) in [5.74, 6) is -0.494. The largest absolute Gasteiger partial charge is 0.303 e. The van der Waals surface area contributed by atoms with Crippen molar-refractivity contribution in [3.05, 3.63) is 71.0 Å². The van der Waals surface area contributed by atoms with Crippen LogP contribution in [-0.4, -0.2) is 6.29 Å². The highest BCUT2D eigenvalue weighted by atomic mass is 19.1. The van der Waals surface area contributed by atoms with E-state index >= 15 is 0 Å². The topological polar surface area (TPSA) is 17.1 Å². The maximum atomic E-state index is 12.9. The first-order chi connectivity index (χ1) is 8.70. The van der Waals surface area contributed by atoms with Crippen molar-refractivity contribution in [2.75, 3.05) is 0 Å². The molecule has 1 atom stereocenters. The summed E-state index contributed by atoms with van der Waals surface area (Å²) in [5, 5.41) is 0. The molecule has 0 aliphatic rings. The maximum absolute atomic E-state index is 12.9. The Labute approximate surface area is 106 Å². The molecule has 0 heterocycles. The Kier molecular flexibility index (Phi) is 3.88. The summed E-state index contributed by atoms with van der Waals surface area (Å²) < 4.78 is 12.9. The van der Waals surface area contributed by atoms with E-state index in [9.17, 15) is 9.18 Å². The fourth-order valence-electron chi connectivity index (χ4n) is 2.03. The number of carbonyl (C=O) groups excluding carboxylic acids is 1. The molecule has 2 aromatic carbocycles. The molecular formula is C16H15FO. The van der Waals surface area contributed by atoms with Crippen LogP contribution < -0.4 is 0 Å². The lowest BCUT2D eigenvalue weighted by Crippen LogP contribution is -2.05. The SMILES string of the molecule is Cc1ccccc1CC(C=O)c1ccc(F)cc1. The number of carbonyl (C=O) groups is 1. The molecule has 2 rings (SSSR count). The second-order valence-corrected chi connectivity index (χ2v) is 4.42. The van der Waals surface area contributed by atoms with Gasteiger partial charge in [-0.05, 0) is 42.2 Å². The highest BCUT2D eigenvalue weighted by molar-refractivity contribution is 5.63. The number of aryl methyl sites for hydroxylation is 1. The van der Waals surface area contributed by atoms with Crippen LogP contribution in [0.3, 0.4) is 0 Å². The first-order valence-corrected chi connectivity index (χ1v) is 5.96. The van der Waals surface area contributed by atoms with E-state index in [1.165, 1.54) is 17.7 Å². The minimum Gasteiger partial charge on any atom is -0.303 e. The quantitative estimate of drug-likeness (QED) is 0.748. The van der Waals surface area contributed by atoms with Crippen LogP contribution >= 0.6 is 0 Å². The van der Waals surface area contributed by atoms with Crippen molar-refractivity contribution in [3.8, 4) is 0 Å². The van der Waals surface area contributed by atoms with Gasteiger partial charge in [-0.3, -0.25) is 0 Å². The summed E-state index contributed by atoms with van der Waals surface area (Å²) in [6, 6.07) is 14.1. The number of hydrogen-bond acceptors (Lipinski definition) is 1. The van der Waals surface area contributed by atoms with E-state index in [0.29, 0.717) is 6.42 Å². The van der Waals surface area contributed by atoms with Gasteiger partial charge in [-0.1, -0.05) is 36.4 Å². The number of hydrogen-bond donors (Lipinski definition) is 0. The third-order valence-electron chi connectivity index (χ3n) is 3.16. The van der Waals surface area contributed by atoms with Gasteiger partial charge in [-0.2, -0.15) is 0 Å². The number of aldehydes is 1. The first-order valence-electron chi connectivity index (χ1n) is 5.96. The Hall–Kier alpha value is -1.96. The van der Waals surface area contributed by atoms with Crippen molar-refractivity contribution in [2.24, 2.45) is 0 Å². The molecule has 0 amide bonds. The van der Waals surface area contributed by atoms with Crippen LogP contribution in [0.2, 0.25) is 0 Å². The molecule has 0 radical (unpaired) electrons. The second-order valence-electron chi connectivity index (χ2n) is 4.42. The molecule has 0 saturated heterocycles. The summed E-state index contributed by atoms with van der Waals surface area (Å²) in [5.41, 5.74) is 3.18. The van der Waals surface area contributed by atoms with E-state index in [-0.39, 0.29) is 11.7 Å². The summed E-state index contributed by atoms with van der Waals surface area (Å²) in [6.07, 6.45) is 1.58. The van der Waals surface area contributed by atoms with Gasteiger partial charge in [0.15, 0.2) is 0 Å². The Balaban J connectivity index is 2.22. The summed E-state index contributed by atoms with van der Waals surface area (Å²) in [4.78, 5) is 11.2.